The normalized spacial score (nSPS) is 11.3. The average molecular weight is 259 g/mol. The molecule has 0 aromatic heterocycles. The second kappa shape index (κ2) is 5.33. The minimum Gasteiger partial charge on any atom is -0.288 e. The Kier molecular flexibility index (Phi) is 4.06. The first kappa shape index (κ1) is 13.7. The second-order valence-corrected chi connectivity index (χ2v) is 3.09. The molecule has 8 heteroatoms. The van der Waals surface area contributed by atoms with E-state index in [0.717, 1.165) is 18.2 Å². The summed E-state index contributed by atoms with van der Waals surface area (Å²) in [7, 11) is 0. The molecule has 18 heavy (non-hydrogen) atoms. The Bertz CT molecular complexity index is 545. The van der Waals surface area contributed by atoms with Crippen LogP contribution in [0.4, 0.5) is 17.6 Å². The highest BCUT2D eigenvalue weighted by molar-refractivity contribution is 5.92. The van der Waals surface area contributed by atoms with Gasteiger partial charge >= 0.3 is 6.18 Å². The Balaban J connectivity index is 3.17. The van der Waals surface area contributed by atoms with Gasteiger partial charge in [0.1, 0.15) is 5.82 Å². The highest BCUT2D eigenvalue weighted by Gasteiger charge is 2.33. The van der Waals surface area contributed by atoms with Crippen molar-refractivity contribution >= 4 is 12.0 Å². The minimum absolute atomic E-state index is 0.317. The number of benzene rings is 1. The Morgan fingerprint density at radius 2 is 2.06 bits per heavy atom. The quantitative estimate of drug-likeness (QED) is 0.262. The van der Waals surface area contributed by atoms with Crippen LogP contribution in [0.5, 0.6) is 0 Å². The SMILES string of the molecule is [N-]=[N+]=NC(=O)/C=C/c1ccc(F)cc1C(F)(F)F. The molecule has 1 aromatic carbocycles. The predicted molar refractivity (Wildman–Crippen MR) is 54.6 cm³/mol. The molecule has 0 aliphatic carbocycles. The van der Waals surface area contributed by atoms with Crippen molar-refractivity contribution in [1.29, 1.82) is 0 Å². The van der Waals surface area contributed by atoms with Gasteiger partial charge in [0.05, 0.1) is 5.56 Å². The van der Waals surface area contributed by atoms with Crippen LogP contribution in [0.2, 0.25) is 0 Å². The van der Waals surface area contributed by atoms with Crippen molar-refractivity contribution in [3.63, 3.8) is 0 Å². The van der Waals surface area contributed by atoms with Gasteiger partial charge in [0, 0.05) is 4.91 Å². The van der Waals surface area contributed by atoms with E-state index in [-0.39, 0.29) is 0 Å². The van der Waals surface area contributed by atoms with Crippen LogP contribution in [0.25, 0.3) is 16.5 Å². The summed E-state index contributed by atoms with van der Waals surface area (Å²) >= 11 is 0. The number of rotatable bonds is 2. The Morgan fingerprint density at radius 3 is 2.61 bits per heavy atom. The van der Waals surface area contributed by atoms with E-state index >= 15 is 0 Å². The van der Waals surface area contributed by atoms with E-state index < -0.39 is 29.0 Å². The smallest absolute Gasteiger partial charge is 0.288 e. The zero-order chi connectivity index (χ0) is 13.8. The van der Waals surface area contributed by atoms with Crippen LogP contribution >= 0.6 is 0 Å². The van der Waals surface area contributed by atoms with E-state index in [9.17, 15) is 22.4 Å². The molecule has 0 spiro atoms. The molecule has 0 radical (unpaired) electrons. The highest BCUT2D eigenvalue weighted by atomic mass is 19.4. The van der Waals surface area contributed by atoms with Crippen LogP contribution in [0, 0.1) is 5.82 Å². The molecule has 0 bridgehead atoms. The molecule has 1 aromatic rings. The van der Waals surface area contributed by atoms with E-state index in [1.165, 1.54) is 0 Å². The Hall–Kier alpha value is -2.34. The topological polar surface area (TPSA) is 65.8 Å². The number of nitrogens with zero attached hydrogens (tertiary/aromatic N) is 3. The van der Waals surface area contributed by atoms with Crippen LogP contribution in [-0.2, 0) is 11.0 Å². The number of hydrogen-bond donors (Lipinski definition) is 0. The molecule has 1 amide bonds. The summed E-state index contributed by atoms with van der Waals surface area (Å²) in [6, 6.07) is 2.02. The molecule has 0 aliphatic rings. The standard InChI is InChI=1S/C10H5F4N3O/c11-7-3-1-6(2-4-9(18)16-17-15)8(5-7)10(12,13)14/h1-5H/b4-2+. The van der Waals surface area contributed by atoms with E-state index in [1.54, 1.807) is 0 Å². The molecule has 94 valence electrons. The van der Waals surface area contributed by atoms with Gasteiger partial charge in [0.2, 0.25) is 5.91 Å². The summed E-state index contributed by atoms with van der Waals surface area (Å²) in [5, 5.41) is 2.65. The van der Waals surface area contributed by atoms with Gasteiger partial charge in [0.15, 0.2) is 0 Å². The second-order valence-electron chi connectivity index (χ2n) is 3.09. The molecule has 0 saturated heterocycles. The lowest BCUT2D eigenvalue weighted by Crippen LogP contribution is -2.08. The largest absolute Gasteiger partial charge is 0.417 e. The molecule has 4 nitrogen and oxygen atoms in total. The molecule has 0 saturated carbocycles. The van der Waals surface area contributed by atoms with Crippen molar-refractivity contribution in [3.05, 3.63) is 51.7 Å². The van der Waals surface area contributed by atoms with Crippen molar-refractivity contribution in [2.45, 2.75) is 6.18 Å². The van der Waals surface area contributed by atoms with Crippen molar-refractivity contribution in [1.82, 2.24) is 0 Å². The lowest BCUT2D eigenvalue weighted by molar-refractivity contribution is -0.138. The molecule has 0 atom stereocenters. The van der Waals surface area contributed by atoms with E-state index in [1.807, 2.05) is 0 Å². The molecule has 0 heterocycles. The maximum Gasteiger partial charge on any atom is 0.417 e. The van der Waals surface area contributed by atoms with Crippen molar-refractivity contribution < 1.29 is 22.4 Å². The zero-order valence-corrected chi connectivity index (χ0v) is 8.65. The van der Waals surface area contributed by atoms with Crippen LogP contribution in [-0.4, -0.2) is 5.91 Å². The van der Waals surface area contributed by atoms with Gasteiger partial charge in [-0.25, -0.2) is 4.39 Å². The first-order valence-electron chi connectivity index (χ1n) is 4.48. The van der Waals surface area contributed by atoms with E-state index in [0.29, 0.717) is 12.1 Å². The van der Waals surface area contributed by atoms with E-state index in [2.05, 4.69) is 10.0 Å². The van der Waals surface area contributed by atoms with Gasteiger partial charge < -0.3 is 0 Å². The monoisotopic (exact) mass is 259 g/mol. The molecule has 0 aliphatic heterocycles. The summed E-state index contributed by atoms with van der Waals surface area (Å²) in [5.74, 6) is -2.09. The third-order valence-electron chi connectivity index (χ3n) is 1.87. The number of amides is 1. The van der Waals surface area contributed by atoms with Gasteiger partial charge in [-0.05, 0) is 34.4 Å². The van der Waals surface area contributed by atoms with Crippen LogP contribution in [0.3, 0.4) is 0 Å². The first-order valence-corrected chi connectivity index (χ1v) is 4.48. The maximum absolute atomic E-state index is 12.7. The van der Waals surface area contributed by atoms with Gasteiger partial charge in [-0.15, -0.1) is 0 Å². The van der Waals surface area contributed by atoms with Gasteiger partial charge in [-0.2, -0.15) is 13.2 Å². The molecule has 0 N–H and O–H groups in total. The molecular formula is C10H5F4N3O. The number of hydrogen-bond acceptors (Lipinski definition) is 1. The number of carbonyl (C=O) groups excluding carboxylic acids is 1. The fourth-order valence-corrected chi connectivity index (χ4v) is 1.16. The van der Waals surface area contributed by atoms with Crippen LogP contribution < -0.4 is 0 Å². The molecule has 0 fully saturated rings. The predicted octanol–water partition coefficient (Wildman–Crippen LogP) is 3.69. The van der Waals surface area contributed by atoms with Crippen LogP contribution in [0.1, 0.15) is 11.1 Å². The van der Waals surface area contributed by atoms with Crippen molar-refractivity contribution in [2.24, 2.45) is 5.11 Å². The fraction of sp³-hybridized carbons (Fsp3) is 0.100. The van der Waals surface area contributed by atoms with Gasteiger partial charge in [0.25, 0.3) is 0 Å². The maximum atomic E-state index is 12.7. The van der Waals surface area contributed by atoms with Gasteiger partial charge in [-0.1, -0.05) is 12.1 Å². The molecule has 1 rings (SSSR count). The van der Waals surface area contributed by atoms with Gasteiger partial charge in [-0.3, -0.25) is 4.79 Å². The number of carbonyl (C=O) groups is 1. The molecule has 0 unspecified atom stereocenters. The lowest BCUT2D eigenvalue weighted by atomic mass is 10.1. The third kappa shape index (κ3) is 3.60. The Morgan fingerprint density at radius 1 is 1.39 bits per heavy atom. The van der Waals surface area contributed by atoms with Crippen LogP contribution in [0.15, 0.2) is 29.4 Å². The average Bonchev–Trinajstić information content (AvgIpc) is 2.26. The lowest BCUT2D eigenvalue weighted by Gasteiger charge is -2.09. The number of azide groups is 1. The number of halogens is 4. The van der Waals surface area contributed by atoms with E-state index in [4.69, 9.17) is 5.53 Å². The van der Waals surface area contributed by atoms with Crippen molar-refractivity contribution in [3.8, 4) is 0 Å². The Labute approximate surface area is 98.2 Å². The van der Waals surface area contributed by atoms with Crippen molar-refractivity contribution in [2.75, 3.05) is 0 Å². The minimum atomic E-state index is -4.75. The summed E-state index contributed by atoms with van der Waals surface area (Å²) in [5.41, 5.74) is 6.32. The third-order valence-corrected chi connectivity index (χ3v) is 1.87. The summed E-state index contributed by atoms with van der Waals surface area (Å²) in [6.45, 7) is 0. The summed E-state index contributed by atoms with van der Waals surface area (Å²) < 4.78 is 50.3. The first-order chi connectivity index (χ1) is 8.34. The molecular weight excluding hydrogens is 254 g/mol. The fourth-order valence-electron chi connectivity index (χ4n) is 1.16. The summed E-state index contributed by atoms with van der Waals surface area (Å²) in [4.78, 5) is 13.0. The number of alkyl halides is 3. The highest BCUT2D eigenvalue weighted by Crippen LogP contribution is 2.33. The zero-order valence-electron chi connectivity index (χ0n) is 8.65. The summed E-state index contributed by atoms with van der Waals surface area (Å²) in [6.07, 6.45) is -3.27.